The lowest BCUT2D eigenvalue weighted by atomic mass is 9.93. The summed E-state index contributed by atoms with van der Waals surface area (Å²) in [5.74, 6) is -0.750. The van der Waals surface area contributed by atoms with Gasteiger partial charge in [-0.05, 0) is 38.2 Å². The van der Waals surface area contributed by atoms with Gasteiger partial charge in [-0.25, -0.2) is 4.39 Å². The van der Waals surface area contributed by atoms with Crippen molar-refractivity contribution in [2.45, 2.75) is 51.0 Å². The number of aromatic nitrogens is 1. The summed E-state index contributed by atoms with van der Waals surface area (Å²) in [5, 5.41) is 3.21. The fourth-order valence-corrected chi connectivity index (χ4v) is 5.32. The van der Waals surface area contributed by atoms with Gasteiger partial charge in [0.05, 0.1) is 27.7 Å². The third-order valence-electron chi connectivity index (χ3n) is 7.07. The second kappa shape index (κ2) is 8.21. The molecule has 172 valence electrons. The number of hydrogen-bond donors (Lipinski definition) is 2. The number of rotatable bonds is 6. The van der Waals surface area contributed by atoms with Crippen LogP contribution in [0.2, 0.25) is 0 Å². The maximum atomic E-state index is 15.5. The molecule has 3 aromatic rings. The van der Waals surface area contributed by atoms with Crippen molar-refractivity contribution in [3.8, 4) is 5.75 Å². The Balaban J connectivity index is 1.60. The third-order valence-corrected chi connectivity index (χ3v) is 7.07. The fourth-order valence-electron chi connectivity index (χ4n) is 5.32. The van der Waals surface area contributed by atoms with Crippen LogP contribution in [0.25, 0.3) is 10.9 Å². The van der Waals surface area contributed by atoms with E-state index < -0.39 is 11.2 Å². The van der Waals surface area contributed by atoms with Crippen molar-refractivity contribution < 1.29 is 13.9 Å². The minimum atomic E-state index is -0.705. The number of carbonyl (C=O) groups is 1. The Hall–Kier alpha value is -3.35. The van der Waals surface area contributed by atoms with Gasteiger partial charge < -0.3 is 20.4 Å². The molecule has 1 saturated carbocycles. The second-order valence-electron chi connectivity index (χ2n) is 9.19. The highest BCUT2D eigenvalue weighted by atomic mass is 19.1. The van der Waals surface area contributed by atoms with Crippen molar-refractivity contribution >= 4 is 28.1 Å². The number of ether oxygens (including phenoxy) is 1. The molecule has 0 bridgehead atoms. The number of pyridine rings is 1. The molecule has 2 heterocycles. The molecule has 0 saturated heterocycles. The van der Waals surface area contributed by atoms with Gasteiger partial charge in [0.1, 0.15) is 12.3 Å². The number of aryl methyl sites for hydroxylation is 1. The first-order chi connectivity index (χ1) is 15.9. The number of nitrogen functional groups attached to an aromatic ring is 1. The Morgan fingerprint density at radius 2 is 1.97 bits per heavy atom. The number of halogens is 1. The minimum Gasteiger partial charge on any atom is -0.487 e. The fraction of sp³-hybridized carbons (Fsp3) is 0.385. The average Bonchev–Trinajstić information content (AvgIpc) is 3.28. The van der Waals surface area contributed by atoms with Gasteiger partial charge in [0.25, 0.3) is 0 Å². The van der Waals surface area contributed by atoms with E-state index in [1.807, 2.05) is 22.8 Å². The first-order valence-corrected chi connectivity index (χ1v) is 11.6. The van der Waals surface area contributed by atoms with Crippen LogP contribution in [0.5, 0.6) is 5.75 Å². The molecule has 1 spiro atoms. The molecule has 3 N–H and O–H groups in total. The summed E-state index contributed by atoms with van der Waals surface area (Å²) >= 11 is 0. The smallest absolute Gasteiger partial charge is 0.202 e. The number of ketones is 1. The summed E-state index contributed by atoms with van der Waals surface area (Å²) < 4.78 is 23.6. The van der Waals surface area contributed by atoms with Crippen LogP contribution in [0.3, 0.4) is 0 Å². The number of fused-ring (bicyclic) bond motifs is 1. The zero-order valence-corrected chi connectivity index (χ0v) is 18.7. The van der Waals surface area contributed by atoms with Gasteiger partial charge in [0.15, 0.2) is 17.3 Å². The predicted molar refractivity (Wildman–Crippen MR) is 128 cm³/mol. The van der Waals surface area contributed by atoms with Gasteiger partial charge in [-0.2, -0.15) is 0 Å². The van der Waals surface area contributed by atoms with E-state index in [0.717, 1.165) is 38.5 Å². The molecule has 0 radical (unpaired) electrons. The quantitative estimate of drug-likeness (QED) is 0.326. The van der Waals surface area contributed by atoms with Crippen LogP contribution in [0, 0.1) is 5.82 Å². The predicted octanol–water partition coefficient (Wildman–Crippen LogP) is 4.63. The molecule has 1 aliphatic carbocycles. The number of Topliss-reactive ketones (excluding diaryl/α,β-unsaturated/α-hetero) is 1. The highest BCUT2D eigenvalue weighted by Gasteiger charge is 2.42. The number of anilines is 2. The van der Waals surface area contributed by atoms with E-state index in [0.29, 0.717) is 24.4 Å². The third kappa shape index (κ3) is 3.46. The molecule has 33 heavy (non-hydrogen) atoms. The van der Waals surface area contributed by atoms with Crippen LogP contribution < -0.4 is 21.2 Å². The molecule has 0 amide bonds. The van der Waals surface area contributed by atoms with Crippen molar-refractivity contribution in [2.24, 2.45) is 0 Å². The minimum absolute atomic E-state index is 0.0380. The zero-order valence-electron chi connectivity index (χ0n) is 18.7. The molecule has 0 atom stereocenters. The molecule has 7 heteroatoms. The van der Waals surface area contributed by atoms with Crippen LogP contribution in [-0.4, -0.2) is 23.5 Å². The number of nitrogens with two attached hydrogens (primary N) is 1. The van der Waals surface area contributed by atoms with Crippen LogP contribution in [-0.2, 0) is 12.0 Å². The lowest BCUT2D eigenvalue weighted by molar-refractivity contribution is 0.101. The molecule has 2 aliphatic rings. The van der Waals surface area contributed by atoms with E-state index in [-0.39, 0.29) is 33.6 Å². The molecule has 6 nitrogen and oxygen atoms in total. The molecule has 1 aromatic heterocycles. The van der Waals surface area contributed by atoms with E-state index in [1.165, 1.54) is 12.5 Å². The number of hydrogen-bond acceptors (Lipinski definition) is 5. The number of carbonyl (C=O) groups excluding carboxylic acids is 1. The maximum Gasteiger partial charge on any atom is 0.202 e. The van der Waals surface area contributed by atoms with Gasteiger partial charge in [0.2, 0.25) is 5.43 Å². The number of nitrogens with zero attached hydrogens (tertiary/aromatic N) is 1. The number of benzene rings is 2. The normalized spacial score (nSPS) is 16.2. The Labute approximate surface area is 191 Å². The Bertz CT molecular complexity index is 1290. The van der Waals surface area contributed by atoms with Crippen molar-refractivity contribution in [1.29, 1.82) is 0 Å². The zero-order chi connectivity index (χ0) is 23.2. The highest BCUT2D eigenvalue weighted by Crippen LogP contribution is 2.48. The Morgan fingerprint density at radius 1 is 1.24 bits per heavy atom. The van der Waals surface area contributed by atoms with E-state index in [2.05, 4.69) is 17.4 Å². The van der Waals surface area contributed by atoms with Gasteiger partial charge in [-0.15, -0.1) is 0 Å². The van der Waals surface area contributed by atoms with Crippen LogP contribution in [0.15, 0.2) is 41.3 Å². The molecule has 0 unspecified atom stereocenters. The number of nitrogens with one attached hydrogen (secondary N) is 1. The highest BCUT2D eigenvalue weighted by molar-refractivity contribution is 6.04. The monoisotopic (exact) mass is 449 g/mol. The van der Waals surface area contributed by atoms with Gasteiger partial charge in [0, 0.05) is 12.7 Å². The molecular formula is C26H28FN3O3. The summed E-state index contributed by atoms with van der Waals surface area (Å²) in [6.07, 6.45) is 7.09. The first kappa shape index (κ1) is 21.5. The first-order valence-electron chi connectivity index (χ1n) is 11.6. The largest absolute Gasteiger partial charge is 0.487 e. The van der Waals surface area contributed by atoms with E-state index in [1.54, 1.807) is 6.20 Å². The molecule has 1 aliphatic heterocycles. The van der Waals surface area contributed by atoms with Crippen molar-refractivity contribution in [1.82, 2.24) is 4.57 Å². The lowest BCUT2D eigenvalue weighted by Gasteiger charge is -2.39. The van der Waals surface area contributed by atoms with Gasteiger partial charge in [-0.1, -0.05) is 43.2 Å². The molecule has 5 rings (SSSR count). The Morgan fingerprint density at radius 3 is 2.67 bits per heavy atom. The Kier molecular flexibility index (Phi) is 5.35. The lowest BCUT2D eigenvalue weighted by Crippen LogP contribution is -2.42. The summed E-state index contributed by atoms with van der Waals surface area (Å²) in [4.78, 5) is 25.4. The van der Waals surface area contributed by atoms with Crippen LogP contribution >= 0.6 is 0 Å². The standard InChI is InChI=1S/C26H28FN3O3/c1-16(31)18-14-30-23-19(24(18)32)21(28)20(27)22(25(23)33-15-26(30)11-5-6-12-26)29-13-7-10-17-8-3-2-4-9-17/h2-4,8-9,14,29H,5-7,10-13,15,28H2,1H3. The van der Waals surface area contributed by atoms with Crippen molar-refractivity contribution in [2.75, 3.05) is 24.2 Å². The maximum absolute atomic E-state index is 15.5. The second-order valence-corrected chi connectivity index (χ2v) is 9.19. The van der Waals surface area contributed by atoms with Crippen molar-refractivity contribution in [3.63, 3.8) is 0 Å². The molecule has 2 aromatic carbocycles. The summed E-state index contributed by atoms with van der Waals surface area (Å²) in [5.41, 5.74) is 6.99. The summed E-state index contributed by atoms with van der Waals surface area (Å²) in [6, 6.07) is 10.1. The van der Waals surface area contributed by atoms with E-state index in [4.69, 9.17) is 10.5 Å². The van der Waals surface area contributed by atoms with Crippen LogP contribution in [0.1, 0.15) is 54.9 Å². The SMILES string of the molecule is CC(=O)c1cn2c3c(c(NCCCc4ccccc4)c(F)c(N)c3c1=O)OCC21CCCC1. The topological polar surface area (TPSA) is 86.4 Å². The molecular weight excluding hydrogens is 421 g/mol. The van der Waals surface area contributed by atoms with E-state index >= 15 is 4.39 Å². The summed E-state index contributed by atoms with van der Waals surface area (Å²) in [6.45, 7) is 2.25. The summed E-state index contributed by atoms with van der Waals surface area (Å²) in [7, 11) is 0. The van der Waals surface area contributed by atoms with Crippen LogP contribution in [0.4, 0.5) is 15.8 Å². The molecule has 1 fully saturated rings. The average molecular weight is 450 g/mol. The van der Waals surface area contributed by atoms with E-state index in [9.17, 15) is 9.59 Å². The van der Waals surface area contributed by atoms with Gasteiger partial charge >= 0.3 is 0 Å². The van der Waals surface area contributed by atoms with Gasteiger partial charge in [-0.3, -0.25) is 9.59 Å². The van der Waals surface area contributed by atoms with Crippen molar-refractivity contribution in [3.05, 3.63) is 63.7 Å².